The highest BCUT2D eigenvalue weighted by molar-refractivity contribution is 5.76. The molecule has 0 amide bonds. The molecule has 0 saturated heterocycles. The summed E-state index contributed by atoms with van der Waals surface area (Å²) in [6, 6.07) is 21.1. The van der Waals surface area contributed by atoms with Crippen molar-refractivity contribution < 1.29 is 0 Å². The van der Waals surface area contributed by atoms with Gasteiger partial charge in [0.25, 0.3) is 0 Å². The Kier molecular flexibility index (Phi) is 28.5. The molecule has 0 heterocycles. The standard InChI is InChI=1S/C26H36N2.C16H23N.C5H8.C5H12.C2H6/c1-6-9-23(7-2)28-24-16-13-21(18-19(24)3)20-11-14-22(15-12-20)26(4)17-8-10-25(26)27-5;1-3-8-14(4-2)11-16(13-17)12-15-9-6-5-7-10-15;1-2-4-5-3-1;1-3-5-4-2;1-2/h6,8-15,18,23-25,27-28H,7,16-17H2,1-5H3;3-10,16H,11-13,17H2,1-2H3;1-2H,3-5H2;3-5H2,1-2H3;1-2H3/b9-6-;8-3-,14-4+;;;. The molecule has 0 fully saturated rings. The van der Waals surface area contributed by atoms with E-state index in [9.17, 15) is 0 Å². The number of rotatable bonds is 15. The van der Waals surface area contributed by atoms with Gasteiger partial charge in [-0.15, -0.1) is 0 Å². The summed E-state index contributed by atoms with van der Waals surface area (Å²) < 4.78 is 0. The fourth-order valence-corrected chi connectivity index (χ4v) is 7.54. The number of allylic oxidation sites excluding steroid dienone is 10. The van der Waals surface area contributed by atoms with Crippen molar-refractivity contribution in [2.24, 2.45) is 11.7 Å². The molecular weight excluding hydrogens is 691 g/mol. The predicted molar refractivity (Wildman–Crippen MR) is 258 cm³/mol. The summed E-state index contributed by atoms with van der Waals surface area (Å²) in [4.78, 5) is 0. The van der Waals surface area contributed by atoms with Gasteiger partial charge in [-0.2, -0.15) is 0 Å². The molecule has 316 valence electrons. The molecule has 0 spiro atoms. The molecule has 3 nitrogen and oxygen atoms in total. The Hall–Kier alpha value is -3.50. The molecule has 3 aliphatic rings. The van der Waals surface area contributed by atoms with E-state index in [4.69, 9.17) is 5.73 Å². The van der Waals surface area contributed by atoms with Gasteiger partial charge < -0.3 is 16.4 Å². The Morgan fingerprint density at radius 2 is 1.58 bits per heavy atom. The molecule has 0 saturated carbocycles. The molecule has 0 bridgehead atoms. The summed E-state index contributed by atoms with van der Waals surface area (Å²) in [5, 5.41) is 7.23. The zero-order valence-electron chi connectivity index (χ0n) is 38.4. The van der Waals surface area contributed by atoms with Gasteiger partial charge >= 0.3 is 0 Å². The first kappa shape index (κ1) is 51.5. The Labute approximate surface area is 352 Å². The highest BCUT2D eigenvalue weighted by atomic mass is 14.9. The monoisotopic (exact) mass is 776 g/mol. The van der Waals surface area contributed by atoms with E-state index in [2.05, 4.69) is 195 Å². The minimum atomic E-state index is 0.150. The number of nitrogens with two attached hydrogens (primary N) is 1. The molecule has 2 aromatic carbocycles. The van der Waals surface area contributed by atoms with Crippen LogP contribution in [0.3, 0.4) is 0 Å². The fourth-order valence-electron chi connectivity index (χ4n) is 7.54. The average Bonchev–Trinajstić information content (AvgIpc) is 3.97. The Balaban J connectivity index is 0.000000470. The van der Waals surface area contributed by atoms with Crippen LogP contribution in [0.1, 0.15) is 150 Å². The third kappa shape index (κ3) is 19.2. The number of unbranched alkanes of at least 4 members (excludes halogenated alkanes) is 2. The van der Waals surface area contributed by atoms with Crippen molar-refractivity contribution >= 4 is 5.57 Å². The lowest BCUT2D eigenvalue weighted by atomic mass is 9.76. The molecule has 5 rings (SSSR count). The molecule has 5 atom stereocenters. The van der Waals surface area contributed by atoms with Gasteiger partial charge in [0, 0.05) is 23.5 Å². The van der Waals surface area contributed by atoms with Crippen molar-refractivity contribution in [1.29, 1.82) is 0 Å². The van der Waals surface area contributed by atoms with Gasteiger partial charge in [-0.3, -0.25) is 0 Å². The van der Waals surface area contributed by atoms with Crippen LogP contribution in [0, 0.1) is 5.92 Å². The predicted octanol–water partition coefficient (Wildman–Crippen LogP) is 14.2. The van der Waals surface area contributed by atoms with Crippen LogP contribution in [0.5, 0.6) is 0 Å². The summed E-state index contributed by atoms with van der Waals surface area (Å²) in [5.74, 6) is 0.528. The zero-order valence-corrected chi connectivity index (χ0v) is 38.4. The van der Waals surface area contributed by atoms with Crippen molar-refractivity contribution in [3.63, 3.8) is 0 Å². The first-order chi connectivity index (χ1) is 27.7. The third-order valence-corrected chi connectivity index (χ3v) is 11.1. The number of benzene rings is 2. The summed E-state index contributed by atoms with van der Waals surface area (Å²) in [6.45, 7) is 22.3. The molecular formula is C54H85N3. The molecule has 2 aromatic rings. The highest BCUT2D eigenvalue weighted by Gasteiger charge is 2.36. The van der Waals surface area contributed by atoms with E-state index < -0.39 is 0 Å². The number of nitrogens with one attached hydrogen (secondary N) is 2. The number of likely N-dealkylation sites (N-methyl/N-ethyl adjacent to an activating group) is 1. The lowest BCUT2D eigenvalue weighted by molar-refractivity contribution is 0.408. The van der Waals surface area contributed by atoms with Crippen molar-refractivity contribution in [2.75, 3.05) is 13.6 Å². The van der Waals surface area contributed by atoms with Crippen LogP contribution in [-0.2, 0) is 11.8 Å². The van der Waals surface area contributed by atoms with Gasteiger partial charge in [-0.25, -0.2) is 0 Å². The molecule has 57 heavy (non-hydrogen) atoms. The van der Waals surface area contributed by atoms with Crippen LogP contribution in [0.15, 0.2) is 133 Å². The van der Waals surface area contributed by atoms with Gasteiger partial charge in [0.05, 0.1) is 0 Å². The molecule has 0 radical (unpaired) electrons. The van der Waals surface area contributed by atoms with Gasteiger partial charge in [0.15, 0.2) is 0 Å². The summed E-state index contributed by atoms with van der Waals surface area (Å²) in [5.41, 5.74) is 14.3. The van der Waals surface area contributed by atoms with Gasteiger partial charge in [0.1, 0.15) is 0 Å². The summed E-state index contributed by atoms with van der Waals surface area (Å²) >= 11 is 0. The van der Waals surface area contributed by atoms with Crippen molar-refractivity contribution in [3.8, 4) is 0 Å². The van der Waals surface area contributed by atoms with E-state index >= 15 is 0 Å². The van der Waals surface area contributed by atoms with Crippen LogP contribution in [0.2, 0.25) is 0 Å². The minimum absolute atomic E-state index is 0.150. The highest BCUT2D eigenvalue weighted by Crippen LogP contribution is 2.37. The van der Waals surface area contributed by atoms with E-state index in [1.54, 1.807) is 0 Å². The first-order valence-corrected chi connectivity index (χ1v) is 22.6. The van der Waals surface area contributed by atoms with Crippen LogP contribution in [0.4, 0.5) is 0 Å². The SMILES string of the molecule is C/C=C\C(=C/C)CC(CN)Cc1ccccc1.C/C=C\C(CC)NC1CC=C(c2ccc(C3(C)CC=CC3NC)cc2)C=C1C.C1=CCCC1.CC.CCCCC. The van der Waals surface area contributed by atoms with E-state index in [1.165, 1.54) is 71.9 Å². The Morgan fingerprint density at radius 1 is 0.912 bits per heavy atom. The Morgan fingerprint density at radius 3 is 2.05 bits per heavy atom. The average molecular weight is 776 g/mol. The maximum atomic E-state index is 5.87. The second-order valence-electron chi connectivity index (χ2n) is 15.6. The van der Waals surface area contributed by atoms with E-state index in [1.807, 2.05) is 13.8 Å². The van der Waals surface area contributed by atoms with Gasteiger partial charge in [0.2, 0.25) is 0 Å². The number of hydrogen-bond donors (Lipinski definition) is 3. The fraction of sp³-hybridized carbons (Fsp3) is 0.519. The lowest BCUT2D eigenvalue weighted by Crippen LogP contribution is -2.40. The van der Waals surface area contributed by atoms with Crippen molar-refractivity contribution in [1.82, 2.24) is 10.6 Å². The molecule has 4 N–H and O–H groups in total. The second kappa shape index (κ2) is 31.5. The minimum Gasteiger partial charge on any atom is -0.330 e. The van der Waals surface area contributed by atoms with Gasteiger partial charge in [-0.1, -0.05) is 193 Å². The normalized spacial score (nSPS) is 20.9. The smallest absolute Gasteiger partial charge is 0.0345 e. The molecule has 0 aromatic heterocycles. The zero-order chi connectivity index (χ0) is 42.3. The summed E-state index contributed by atoms with van der Waals surface area (Å²) in [6.07, 6.45) is 38.2. The molecule has 5 unspecified atom stereocenters. The van der Waals surface area contributed by atoms with Crippen LogP contribution in [0.25, 0.3) is 5.57 Å². The molecule has 3 heteroatoms. The van der Waals surface area contributed by atoms with E-state index in [0.717, 1.165) is 38.6 Å². The quantitative estimate of drug-likeness (QED) is 0.125. The van der Waals surface area contributed by atoms with Crippen molar-refractivity contribution in [3.05, 3.63) is 149 Å². The maximum Gasteiger partial charge on any atom is 0.0345 e. The largest absolute Gasteiger partial charge is 0.330 e. The van der Waals surface area contributed by atoms with Crippen LogP contribution < -0.4 is 16.4 Å². The van der Waals surface area contributed by atoms with Gasteiger partial charge in [-0.05, 0) is 121 Å². The maximum absolute atomic E-state index is 5.87. The molecule has 3 aliphatic carbocycles. The summed E-state index contributed by atoms with van der Waals surface area (Å²) in [7, 11) is 2.05. The van der Waals surface area contributed by atoms with Crippen LogP contribution in [-0.4, -0.2) is 31.7 Å². The topological polar surface area (TPSA) is 50.1 Å². The lowest BCUT2D eigenvalue weighted by Gasteiger charge is -2.32. The molecule has 0 aliphatic heterocycles. The van der Waals surface area contributed by atoms with E-state index in [-0.39, 0.29) is 5.41 Å². The van der Waals surface area contributed by atoms with Crippen molar-refractivity contribution in [2.45, 2.75) is 163 Å². The Bertz CT molecular complexity index is 1510. The van der Waals surface area contributed by atoms with E-state index in [0.29, 0.717) is 24.0 Å². The van der Waals surface area contributed by atoms with Crippen LogP contribution >= 0.6 is 0 Å². The third-order valence-electron chi connectivity index (χ3n) is 11.1. The first-order valence-electron chi connectivity index (χ1n) is 22.6. The second-order valence-corrected chi connectivity index (χ2v) is 15.6. The number of hydrogen-bond acceptors (Lipinski definition) is 3.